The molecule has 3 N–H and O–H groups in total. The van der Waals surface area contributed by atoms with Crippen molar-refractivity contribution < 1.29 is 14.3 Å². The number of aliphatic hydroxyl groups is 1. The zero-order valence-corrected chi connectivity index (χ0v) is 13.4. The minimum absolute atomic E-state index is 0.203. The Kier molecular flexibility index (Phi) is 5.95. The van der Waals surface area contributed by atoms with Crippen LogP contribution in [0.2, 0.25) is 0 Å². The highest BCUT2D eigenvalue weighted by atomic mass is 79.9. The Bertz CT molecular complexity index is 478. The van der Waals surface area contributed by atoms with Gasteiger partial charge in [-0.25, -0.2) is 9.18 Å². The van der Waals surface area contributed by atoms with E-state index in [4.69, 9.17) is 0 Å². The molecule has 6 heteroatoms. The van der Waals surface area contributed by atoms with E-state index in [2.05, 4.69) is 26.6 Å². The van der Waals surface area contributed by atoms with Crippen LogP contribution in [0.25, 0.3) is 0 Å². The van der Waals surface area contributed by atoms with Crippen molar-refractivity contribution in [3.8, 4) is 0 Å². The summed E-state index contributed by atoms with van der Waals surface area (Å²) in [6.45, 7) is 6.08. The fourth-order valence-corrected chi connectivity index (χ4v) is 2.40. The van der Waals surface area contributed by atoms with E-state index in [1.165, 1.54) is 18.2 Å². The Labute approximate surface area is 126 Å². The number of anilines is 1. The van der Waals surface area contributed by atoms with E-state index >= 15 is 0 Å². The summed E-state index contributed by atoms with van der Waals surface area (Å²) in [5.74, 6) is -0.374. The standard InChI is InChI=1S/C14H20BrFN2O2/c1-9(19)7-14(2,3)8-17-13(20)18-12-5-4-10(16)6-11(12)15/h4-6,9,19H,7-8H2,1-3H3,(H2,17,18,20). The predicted octanol–water partition coefficient (Wildman–Crippen LogP) is 3.51. The van der Waals surface area contributed by atoms with E-state index < -0.39 is 6.10 Å². The van der Waals surface area contributed by atoms with Gasteiger partial charge < -0.3 is 15.7 Å². The van der Waals surface area contributed by atoms with Gasteiger partial charge in [-0.2, -0.15) is 0 Å². The molecule has 0 aliphatic heterocycles. The molecule has 0 radical (unpaired) electrons. The van der Waals surface area contributed by atoms with Gasteiger partial charge in [0.15, 0.2) is 0 Å². The molecule has 1 unspecified atom stereocenters. The van der Waals surface area contributed by atoms with Crippen molar-refractivity contribution in [2.75, 3.05) is 11.9 Å². The molecule has 0 saturated carbocycles. The summed E-state index contributed by atoms with van der Waals surface area (Å²) in [5, 5.41) is 14.8. The third kappa shape index (κ3) is 5.88. The maximum Gasteiger partial charge on any atom is 0.319 e. The van der Waals surface area contributed by atoms with Crippen LogP contribution in [0.3, 0.4) is 0 Å². The van der Waals surface area contributed by atoms with Gasteiger partial charge in [0.05, 0.1) is 11.8 Å². The number of hydrogen-bond donors (Lipinski definition) is 3. The number of amides is 2. The number of urea groups is 1. The molecule has 0 aliphatic rings. The van der Waals surface area contributed by atoms with Crippen molar-refractivity contribution >= 4 is 27.6 Å². The summed E-state index contributed by atoms with van der Waals surface area (Å²) in [5.41, 5.74) is 0.295. The van der Waals surface area contributed by atoms with Crippen molar-refractivity contribution in [2.24, 2.45) is 5.41 Å². The number of halogens is 2. The maximum absolute atomic E-state index is 12.9. The second kappa shape index (κ2) is 7.04. The number of hydrogen-bond acceptors (Lipinski definition) is 2. The van der Waals surface area contributed by atoms with Gasteiger partial charge in [0.2, 0.25) is 0 Å². The van der Waals surface area contributed by atoms with Gasteiger partial charge in [0.1, 0.15) is 5.82 Å². The molecule has 20 heavy (non-hydrogen) atoms. The normalized spacial score (nSPS) is 12.9. The van der Waals surface area contributed by atoms with Crippen LogP contribution < -0.4 is 10.6 Å². The molecule has 2 amide bonds. The van der Waals surface area contributed by atoms with Gasteiger partial charge >= 0.3 is 6.03 Å². The van der Waals surface area contributed by atoms with Crippen LogP contribution in [-0.4, -0.2) is 23.8 Å². The lowest BCUT2D eigenvalue weighted by Crippen LogP contribution is -2.38. The van der Waals surface area contributed by atoms with Crippen molar-refractivity contribution in [2.45, 2.75) is 33.3 Å². The molecule has 0 aliphatic carbocycles. The molecule has 0 fully saturated rings. The van der Waals surface area contributed by atoms with Gasteiger partial charge in [-0.1, -0.05) is 13.8 Å². The highest BCUT2D eigenvalue weighted by molar-refractivity contribution is 9.10. The molecule has 0 spiro atoms. The lowest BCUT2D eigenvalue weighted by molar-refractivity contribution is 0.129. The summed E-state index contributed by atoms with van der Waals surface area (Å²) < 4.78 is 13.4. The molecule has 1 aromatic carbocycles. The first-order valence-electron chi connectivity index (χ1n) is 6.37. The molecule has 1 atom stereocenters. The topological polar surface area (TPSA) is 61.4 Å². The van der Waals surface area contributed by atoms with E-state index in [0.29, 0.717) is 23.1 Å². The largest absolute Gasteiger partial charge is 0.393 e. The van der Waals surface area contributed by atoms with Crippen LogP contribution in [0.5, 0.6) is 0 Å². The maximum atomic E-state index is 12.9. The second-order valence-corrected chi connectivity index (χ2v) is 6.50. The number of carbonyl (C=O) groups is 1. The molecule has 4 nitrogen and oxygen atoms in total. The number of rotatable bonds is 5. The first-order valence-corrected chi connectivity index (χ1v) is 7.17. The van der Waals surface area contributed by atoms with Crippen molar-refractivity contribution in [3.63, 3.8) is 0 Å². The Morgan fingerprint density at radius 1 is 1.50 bits per heavy atom. The smallest absolute Gasteiger partial charge is 0.319 e. The minimum Gasteiger partial charge on any atom is -0.393 e. The molecule has 0 heterocycles. The van der Waals surface area contributed by atoms with E-state index in [1.54, 1.807) is 6.92 Å². The molecule has 1 rings (SSSR count). The van der Waals surface area contributed by atoms with Crippen molar-refractivity contribution in [1.82, 2.24) is 5.32 Å². The highest BCUT2D eigenvalue weighted by Gasteiger charge is 2.21. The van der Waals surface area contributed by atoms with Gasteiger partial charge in [0, 0.05) is 11.0 Å². The predicted molar refractivity (Wildman–Crippen MR) is 81.2 cm³/mol. The lowest BCUT2D eigenvalue weighted by Gasteiger charge is -2.26. The van der Waals surface area contributed by atoms with E-state index in [-0.39, 0.29) is 17.3 Å². The Morgan fingerprint density at radius 3 is 2.70 bits per heavy atom. The Balaban J connectivity index is 2.52. The molecular weight excluding hydrogens is 327 g/mol. The zero-order valence-electron chi connectivity index (χ0n) is 11.8. The highest BCUT2D eigenvalue weighted by Crippen LogP contribution is 2.23. The molecule has 0 bridgehead atoms. The third-order valence-corrected chi connectivity index (χ3v) is 3.41. The summed E-state index contributed by atoms with van der Waals surface area (Å²) in [4.78, 5) is 11.8. The first kappa shape index (κ1) is 16.9. The van der Waals surface area contributed by atoms with Crippen LogP contribution in [0.15, 0.2) is 22.7 Å². The lowest BCUT2D eigenvalue weighted by atomic mass is 9.87. The van der Waals surface area contributed by atoms with Crippen LogP contribution in [0.4, 0.5) is 14.9 Å². The summed E-state index contributed by atoms with van der Waals surface area (Å²) in [7, 11) is 0. The fraction of sp³-hybridized carbons (Fsp3) is 0.500. The van der Waals surface area contributed by atoms with E-state index in [9.17, 15) is 14.3 Å². The quantitative estimate of drug-likeness (QED) is 0.763. The average molecular weight is 347 g/mol. The van der Waals surface area contributed by atoms with E-state index in [0.717, 1.165) is 0 Å². The molecular formula is C14H20BrFN2O2. The second-order valence-electron chi connectivity index (χ2n) is 5.65. The van der Waals surface area contributed by atoms with Gasteiger partial charge in [0.25, 0.3) is 0 Å². The van der Waals surface area contributed by atoms with Crippen LogP contribution in [-0.2, 0) is 0 Å². The van der Waals surface area contributed by atoms with Crippen LogP contribution >= 0.6 is 15.9 Å². The third-order valence-electron chi connectivity index (χ3n) is 2.75. The Hall–Kier alpha value is -1.14. The fourth-order valence-electron chi connectivity index (χ4n) is 1.95. The summed E-state index contributed by atoms with van der Waals surface area (Å²) in [6.07, 6.45) is 0.175. The number of carbonyl (C=O) groups excluding carboxylic acids is 1. The van der Waals surface area contributed by atoms with Gasteiger partial charge in [-0.15, -0.1) is 0 Å². The zero-order chi connectivity index (χ0) is 15.3. The molecule has 0 aromatic heterocycles. The Morgan fingerprint density at radius 2 is 2.15 bits per heavy atom. The number of benzene rings is 1. The summed E-state index contributed by atoms with van der Waals surface area (Å²) in [6, 6.07) is 3.68. The first-order chi connectivity index (χ1) is 9.19. The van der Waals surface area contributed by atoms with Crippen molar-refractivity contribution in [3.05, 3.63) is 28.5 Å². The average Bonchev–Trinajstić information content (AvgIpc) is 2.29. The van der Waals surface area contributed by atoms with Crippen molar-refractivity contribution in [1.29, 1.82) is 0 Å². The SMILES string of the molecule is CC(O)CC(C)(C)CNC(=O)Nc1ccc(F)cc1Br. The molecule has 1 aromatic rings. The molecule has 112 valence electrons. The van der Waals surface area contributed by atoms with Crippen LogP contribution in [0.1, 0.15) is 27.2 Å². The monoisotopic (exact) mass is 346 g/mol. The molecule has 0 saturated heterocycles. The van der Waals surface area contributed by atoms with Gasteiger partial charge in [-0.3, -0.25) is 0 Å². The number of aliphatic hydroxyl groups excluding tert-OH is 1. The minimum atomic E-state index is -0.416. The number of nitrogens with one attached hydrogen (secondary N) is 2. The van der Waals surface area contributed by atoms with Crippen LogP contribution in [0, 0.1) is 11.2 Å². The van der Waals surface area contributed by atoms with E-state index in [1.807, 2.05) is 13.8 Å². The van der Waals surface area contributed by atoms with Gasteiger partial charge in [-0.05, 0) is 52.9 Å². The summed E-state index contributed by atoms with van der Waals surface area (Å²) >= 11 is 3.18.